The molecule has 2 heterocycles. The third kappa shape index (κ3) is 2.88. The highest BCUT2D eigenvalue weighted by Crippen LogP contribution is 2.26. The van der Waals surface area contributed by atoms with E-state index in [2.05, 4.69) is 24.4 Å². The molecular weight excluding hydrogens is 310 g/mol. The minimum absolute atomic E-state index is 0.193. The van der Waals surface area contributed by atoms with E-state index >= 15 is 0 Å². The van der Waals surface area contributed by atoms with Crippen molar-refractivity contribution in [2.24, 2.45) is 4.40 Å². The third-order valence-corrected chi connectivity index (χ3v) is 4.95. The number of hydrogen-bond donors (Lipinski definition) is 2. The highest BCUT2D eigenvalue weighted by Gasteiger charge is 2.24. The van der Waals surface area contributed by atoms with E-state index in [1.54, 1.807) is 18.2 Å². The molecule has 0 saturated heterocycles. The van der Waals surface area contributed by atoms with Crippen LogP contribution < -0.4 is 10.6 Å². The Morgan fingerprint density at radius 3 is 2.90 bits per heavy atom. The van der Waals surface area contributed by atoms with Crippen LogP contribution in [0.1, 0.15) is 12.7 Å². The van der Waals surface area contributed by atoms with E-state index < -0.39 is 10.0 Å². The lowest BCUT2D eigenvalue weighted by atomic mass is 10.3. The average molecular weight is 323 g/mol. The molecule has 1 aromatic carbocycles. The SMILES string of the molecule is CCc1nsc(NCC2=NS(=O)(=O)c3ccccc3N2)n1. The van der Waals surface area contributed by atoms with Crippen LogP contribution in [0.25, 0.3) is 0 Å². The first kappa shape index (κ1) is 14.0. The summed E-state index contributed by atoms with van der Waals surface area (Å²) in [4.78, 5) is 4.45. The monoisotopic (exact) mass is 323 g/mol. The number of aromatic nitrogens is 2. The van der Waals surface area contributed by atoms with E-state index in [1.165, 1.54) is 17.6 Å². The summed E-state index contributed by atoms with van der Waals surface area (Å²) in [7, 11) is -3.64. The fraction of sp³-hybridized carbons (Fsp3) is 0.250. The lowest BCUT2D eigenvalue weighted by molar-refractivity contribution is 0.597. The quantitative estimate of drug-likeness (QED) is 0.889. The predicted octanol–water partition coefficient (Wildman–Crippen LogP) is 1.73. The van der Waals surface area contributed by atoms with Gasteiger partial charge in [-0.15, -0.1) is 4.40 Å². The lowest BCUT2D eigenvalue weighted by Gasteiger charge is -2.17. The van der Waals surface area contributed by atoms with Crippen LogP contribution in [0.4, 0.5) is 10.8 Å². The molecule has 0 amide bonds. The van der Waals surface area contributed by atoms with E-state index in [0.717, 1.165) is 12.2 Å². The van der Waals surface area contributed by atoms with Gasteiger partial charge in [-0.05, 0) is 12.1 Å². The molecular formula is C12H13N5O2S2. The van der Waals surface area contributed by atoms with Crippen molar-refractivity contribution in [2.75, 3.05) is 17.2 Å². The van der Waals surface area contributed by atoms with Crippen LogP contribution >= 0.6 is 11.5 Å². The van der Waals surface area contributed by atoms with Gasteiger partial charge in [-0.1, -0.05) is 19.1 Å². The molecule has 1 aliphatic heterocycles. The summed E-state index contributed by atoms with van der Waals surface area (Å²) in [6.07, 6.45) is 0.763. The Morgan fingerprint density at radius 1 is 1.33 bits per heavy atom. The van der Waals surface area contributed by atoms with Crippen molar-refractivity contribution in [2.45, 2.75) is 18.2 Å². The van der Waals surface area contributed by atoms with Gasteiger partial charge >= 0.3 is 0 Å². The molecule has 0 atom stereocenters. The lowest BCUT2D eigenvalue weighted by Crippen LogP contribution is -2.27. The number of hydrogen-bond acceptors (Lipinski definition) is 7. The Hall–Kier alpha value is -2.00. The summed E-state index contributed by atoms with van der Waals surface area (Å²) in [6.45, 7) is 2.22. The largest absolute Gasteiger partial charge is 0.353 e. The second-order valence-corrected chi connectivity index (χ2v) is 6.68. The number of benzene rings is 1. The molecule has 2 aromatic rings. The number of fused-ring (bicyclic) bond motifs is 1. The number of amidine groups is 1. The zero-order valence-corrected chi connectivity index (χ0v) is 12.8. The van der Waals surface area contributed by atoms with Crippen LogP contribution in [0.2, 0.25) is 0 Å². The molecule has 0 spiro atoms. The molecule has 0 unspecified atom stereocenters. The first-order chi connectivity index (χ1) is 10.1. The number of anilines is 2. The van der Waals surface area contributed by atoms with Gasteiger partial charge in [0.25, 0.3) is 10.0 Å². The van der Waals surface area contributed by atoms with Gasteiger partial charge in [0.15, 0.2) is 0 Å². The maximum absolute atomic E-state index is 12.1. The highest BCUT2D eigenvalue weighted by molar-refractivity contribution is 7.90. The van der Waals surface area contributed by atoms with Gasteiger partial charge in [-0.3, -0.25) is 0 Å². The minimum Gasteiger partial charge on any atom is -0.353 e. The molecule has 0 bridgehead atoms. The molecule has 0 saturated carbocycles. The Bertz CT molecular complexity index is 797. The fourth-order valence-electron chi connectivity index (χ4n) is 1.87. The van der Waals surface area contributed by atoms with E-state index in [4.69, 9.17) is 0 Å². The molecule has 0 fully saturated rings. The second kappa shape index (κ2) is 5.41. The van der Waals surface area contributed by atoms with Crippen molar-refractivity contribution < 1.29 is 8.42 Å². The van der Waals surface area contributed by atoms with E-state index in [-0.39, 0.29) is 11.4 Å². The molecule has 21 heavy (non-hydrogen) atoms. The van der Waals surface area contributed by atoms with Gasteiger partial charge in [0, 0.05) is 18.0 Å². The first-order valence-corrected chi connectivity index (χ1v) is 8.56. The summed E-state index contributed by atoms with van der Waals surface area (Å²) >= 11 is 1.24. The molecule has 1 aromatic heterocycles. The Labute approximate surface area is 126 Å². The van der Waals surface area contributed by atoms with Crippen molar-refractivity contribution >= 4 is 38.2 Å². The van der Waals surface area contributed by atoms with Crippen molar-refractivity contribution in [3.8, 4) is 0 Å². The topological polar surface area (TPSA) is 96.3 Å². The normalized spacial score (nSPS) is 15.8. The van der Waals surface area contributed by atoms with Crippen LogP contribution in [0.5, 0.6) is 0 Å². The Kier molecular flexibility index (Phi) is 3.60. The summed E-state index contributed by atoms with van der Waals surface area (Å²) in [5, 5.41) is 6.68. The first-order valence-electron chi connectivity index (χ1n) is 6.35. The summed E-state index contributed by atoms with van der Waals surface area (Å²) in [5.41, 5.74) is 0.538. The zero-order chi connectivity index (χ0) is 14.9. The van der Waals surface area contributed by atoms with Crippen molar-refractivity contribution in [1.82, 2.24) is 9.36 Å². The van der Waals surface area contributed by atoms with Crippen LogP contribution in [0.15, 0.2) is 33.6 Å². The molecule has 7 nitrogen and oxygen atoms in total. The van der Waals surface area contributed by atoms with Gasteiger partial charge in [0.1, 0.15) is 16.6 Å². The van der Waals surface area contributed by atoms with Gasteiger partial charge in [-0.2, -0.15) is 12.8 Å². The average Bonchev–Trinajstić information content (AvgIpc) is 2.92. The molecule has 0 radical (unpaired) electrons. The summed E-state index contributed by atoms with van der Waals surface area (Å²) < 4.78 is 32.1. The van der Waals surface area contributed by atoms with E-state index in [0.29, 0.717) is 16.7 Å². The van der Waals surface area contributed by atoms with Crippen LogP contribution in [0, 0.1) is 0 Å². The van der Waals surface area contributed by atoms with Crippen LogP contribution in [-0.2, 0) is 16.4 Å². The highest BCUT2D eigenvalue weighted by atomic mass is 32.2. The maximum atomic E-state index is 12.1. The van der Waals surface area contributed by atoms with Crippen LogP contribution in [-0.4, -0.2) is 30.2 Å². The molecule has 9 heteroatoms. The van der Waals surface area contributed by atoms with Crippen molar-refractivity contribution in [3.63, 3.8) is 0 Å². The number of aryl methyl sites for hydroxylation is 1. The molecule has 3 rings (SSSR count). The predicted molar refractivity (Wildman–Crippen MR) is 82.5 cm³/mol. The fourth-order valence-corrected chi connectivity index (χ4v) is 3.66. The van der Waals surface area contributed by atoms with Gasteiger partial charge < -0.3 is 10.6 Å². The summed E-state index contributed by atoms with van der Waals surface area (Å²) in [5.74, 6) is 1.10. The van der Waals surface area contributed by atoms with Gasteiger partial charge in [0.2, 0.25) is 5.13 Å². The van der Waals surface area contributed by atoms with Gasteiger partial charge in [0.05, 0.1) is 12.2 Å². The minimum atomic E-state index is -3.64. The second-order valence-electron chi connectivity index (χ2n) is 4.36. The van der Waals surface area contributed by atoms with Crippen molar-refractivity contribution in [3.05, 3.63) is 30.1 Å². The number of sulfonamides is 1. The number of rotatable bonds is 4. The Balaban J connectivity index is 1.77. The van der Waals surface area contributed by atoms with E-state index in [1.807, 2.05) is 6.92 Å². The van der Waals surface area contributed by atoms with Crippen molar-refractivity contribution in [1.29, 1.82) is 0 Å². The molecule has 2 N–H and O–H groups in total. The maximum Gasteiger partial charge on any atom is 0.286 e. The smallest absolute Gasteiger partial charge is 0.286 e. The standard InChI is InChI=1S/C12H13N5O2S2/c1-2-10-15-12(20-16-10)13-7-11-14-8-5-3-4-6-9(8)21(18,19)17-11/h3-6H,2,7H2,1H3,(H,14,17)(H,13,15,16). The molecule has 1 aliphatic rings. The van der Waals surface area contributed by atoms with E-state index in [9.17, 15) is 8.42 Å². The number of para-hydroxylation sites is 1. The third-order valence-electron chi connectivity index (χ3n) is 2.87. The van der Waals surface area contributed by atoms with Crippen LogP contribution in [0.3, 0.4) is 0 Å². The zero-order valence-electron chi connectivity index (χ0n) is 11.2. The Morgan fingerprint density at radius 2 is 2.14 bits per heavy atom. The number of nitrogens with zero attached hydrogens (tertiary/aromatic N) is 3. The molecule has 110 valence electrons. The van der Waals surface area contributed by atoms with Gasteiger partial charge in [-0.25, -0.2) is 4.98 Å². The summed E-state index contributed by atoms with van der Waals surface area (Å²) in [6, 6.07) is 6.69. The molecule has 0 aliphatic carbocycles. The number of nitrogens with one attached hydrogen (secondary N) is 2.